The lowest BCUT2D eigenvalue weighted by Crippen LogP contribution is -2.19. The van der Waals surface area contributed by atoms with Crippen LogP contribution in [-0.4, -0.2) is 37.1 Å². The number of methoxy groups -OCH3 is 2. The van der Waals surface area contributed by atoms with Crippen LogP contribution in [0.1, 0.15) is 5.56 Å². The second-order valence-corrected chi connectivity index (χ2v) is 7.39. The maximum Gasteiger partial charge on any atom is 0.250 e. The van der Waals surface area contributed by atoms with Crippen LogP contribution < -0.4 is 14.9 Å². The van der Waals surface area contributed by atoms with Gasteiger partial charge in [-0.1, -0.05) is 23.9 Å². The van der Waals surface area contributed by atoms with Crippen molar-refractivity contribution in [1.29, 1.82) is 0 Å². The van der Waals surface area contributed by atoms with Gasteiger partial charge in [0.1, 0.15) is 11.5 Å². The van der Waals surface area contributed by atoms with E-state index in [0.717, 1.165) is 14.6 Å². The standard InChI is InChI=1S/C18H17N3O3S2/c1-23-13-7-8-15(24-2)12(9-13)10-19-21-17(22)11-25-18-20-14-5-3-4-6-16(14)26-18/h3-10H,11H2,1-2H3,(H,21,22). The summed E-state index contributed by atoms with van der Waals surface area (Å²) in [5, 5.41) is 3.99. The molecule has 0 bridgehead atoms. The number of aromatic nitrogens is 1. The second-order valence-electron chi connectivity index (χ2n) is 5.14. The number of carbonyl (C=O) groups excluding carboxylic acids is 1. The van der Waals surface area contributed by atoms with E-state index in [1.165, 1.54) is 18.0 Å². The first-order valence-electron chi connectivity index (χ1n) is 7.72. The van der Waals surface area contributed by atoms with Crippen LogP contribution in [0.15, 0.2) is 51.9 Å². The molecular formula is C18H17N3O3S2. The summed E-state index contributed by atoms with van der Waals surface area (Å²) < 4.78 is 12.4. The van der Waals surface area contributed by atoms with Crippen LogP contribution in [0.3, 0.4) is 0 Å². The number of nitrogens with one attached hydrogen (secondary N) is 1. The molecule has 0 aliphatic carbocycles. The number of benzene rings is 2. The van der Waals surface area contributed by atoms with Crippen molar-refractivity contribution in [2.24, 2.45) is 5.10 Å². The van der Waals surface area contributed by atoms with Crippen molar-refractivity contribution in [3.63, 3.8) is 0 Å². The lowest BCUT2D eigenvalue weighted by atomic mass is 10.2. The van der Waals surface area contributed by atoms with E-state index in [4.69, 9.17) is 9.47 Å². The molecule has 0 aliphatic rings. The van der Waals surface area contributed by atoms with Gasteiger partial charge in [0.15, 0.2) is 4.34 Å². The molecule has 1 N–H and O–H groups in total. The molecule has 0 radical (unpaired) electrons. The van der Waals surface area contributed by atoms with Gasteiger partial charge < -0.3 is 9.47 Å². The molecule has 3 rings (SSSR count). The number of para-hydroxylation sites is 1. The van der Waals surface area contributed by atoms with Gasteiger partial charge in [0.2, 0.25) is 0 Å². The molecule has 8 heteroatoms. The van der Waals surface area contributed by atoms with E-state index in [1.54, 1.807) is 43.8 Å². The third-order valence-electron chi connectivity index (χ3n) is 3.43. The number of hydrazone groups is 1. The average Bonchev–Trinajstić information content (AvgIpc) is 3.09. The van der Waals surface area contributed by atoms with Crippen molar-refractivity contribution in [1.82, 2.24) is 10.4 Å². The van der Waals surface area contributed by atoms with E-state index in [-0.39, 0.29) is 11.7 Å². The molecule has 1 amide bonds. The van der Waals surface area contributed by atoms with E-state index >= 15 is 0 Å². The number of fused-ring (bicyclic) bond motifs is 1. The highest BCUT2D eigenvalue weighted by atomic mass is 32.2. The summed E-state index contributed by atoms with van der Waals surface area (Å²) in [5.74, 6) is 1.37. The van der Waals surface area contributed by atoms with Crippen LogP contribution in [0.2, 0.25) is 0 Å². The molecule has 0 aliphatic heterocycles. The normalized spacial score (nSPS) is 11.0. The van der Waals surface area contributed by atoms with Gasteiger partial charge in [0.05, 0.1) is 36.4 Å². The number of hydrogen-bond acceptors (Lipinski definition) is 7. The molecule has 0 fully saturated rings. The minimum absolute atomic E-state index is 0.202. The maximum absolute atomic E-state index is 12.0. The topological polar surface area (TPSA) is 72.8 Å². The lowest BCUT2D eigenvalue weighted by Gasteiger charge is -2.06. The Morgan fingerprint density at radius 2 is 2.12 bits per heavy atom. The summed E-state index contributed by atoms with van der Waals surface area (Å²) in [6.07, 6.45) is 1.53. The van der Waals surface area contributed by atoms with Crippen molar-refractivity contribution in [3.8, 4) is 11.5 Å². The van der Waals surface area contributed by atoms with Crippen molar-refractivity contribution in [3.05, 3.63) is 48.0 Å². The van der Waals surface area contributed by atoms with Crippen LogP contribution in [-0.2, 0) is 4.79 Å². The number of nitrogens with zero attached hydrogens (tertiary/aromatic N) is 2. The summed E-state index contributed by atoms with van der Waals surface area (Å²) in [6.45, 7) is 0. The lowest BCUT2D eigenvalue weighted by molar-refractivity contribution is -0.118. The Labute approximate surface area is 159 Å². The molecule has 0 saturated heterocycles. The first-order chi connectivity index (χ1) is 12.7. The van der Waals surface area contributed by atoms with Gasteiger partial charge in [-0.05, 0) is 30.3 Å². The number of thioether (sulfide) groups is 1. The van der Waals surface area contributed by atoms with Gasteiger partial charge >= 0.3 is 0 Å². The Morgan fingerprint density at radius 3 is 2.88 bits per heavy atom. The average molecular weight is 387 g/mol. The highest BCUT2D eigenvalue weighted by molar-refractivity contribution is 8.01. The van der Waals surface area contributed by atoms with Crippen LogP contribution in [0.4, 0.5) is 0 Å². The highest BCUT2D eigenvalue weighted by Crippen LogP contribution is 2.29. The van der Waals surface area contributed by atoms with E-state index in [9.17, 15) is 4.79 Å². The van der Waals surface area contributed by atoms with E-state index in [0.29, 0.717) is 17.1 Å². The molecule has 1 heterocycles. The minimum Gasteiger partial charge on any atom is -0.497 e. The Hall–Kier alpha value is -2.58. The molecule has 0 spiro atoms. The highest BCUT2D eigenvalue weighted by Gasteiger charge is 2.07. The molecule has 0 saturated carbocycles. The monoisotopic (exact) mass is 387 g/mol. The molecule has 0 atom stereocenters. The van der Waals surface area contributed by atoms with Gasteiger partial charge in [0, 0.05) is 5.56 Å². The smallest absolute Gasteiger partial charge is 0.250 e. The van der Waals surface area contributed by atoms with Gasteiger partial charge in [-0.2, -0.15) is 5.10 Å². The van der Waals surface area contributed by atoms with Gasteiger partial charge in [0.25, 0.3) is 5.91 Å². The fraction of sp³-hybridized carbons (Fsp3) is 0.167. The number of carbonyl (C=O) groups is 1. The third kappa shape index (κ3) is 4.53. The zero-order valence-electron chi connectivity index (χ0n) is 14.3. The third-order valence-corrected chi connectivity index (χ3v) is 5.61. The predicted octanol–water partition coefficient (Wildman–Crippen LogP) is 3.56. The number of ether oxygens (including phenoxy) is 2. The van der Waals surface area contributed by atoms with Crippen molar-refractivity contribution < 1.29 is 14.3 Å². The molecule has 2 aromatic carbocycles. The van der Waals surface area contributed by atoms with Crippen LogP contribution in [0, 0.1) is 0 Å². The van der Waals surface area contributed by atoms with Crippen molar-refractivity contribution >= 4 is 45.4 Å². The Morgan fingerprint density at radius 1 is 1.27 bits per heavy atom. The van der Waals surface area contributed by atoms with Gasteiger partial charge in [-0.25, -0.2) is 10.4 Å². The van der Waals surface area contributed by atoms with Gasteiger partial charge in [-0.3, -0.25) is 4.79 Å². The maximum atomic E-state index is 12.0. The van der Waals surface area contributed by atoms with E-state index in [2.05, 4.69) is 15.5 Å². The Balaban J connectivity index is 1.56. The fourth-order valence-corrected chi connectivity index (χ4v) is 4.05. The number of thiazole rings is 1. The molecule has 3 aromatic rings. The summed E-state index contributed by atoms with van der Waals surface area (Å²) in [5.41, 5.74) is 4.18. The fourth-order valence-electron chi connectivity index (χ4n) is 2.19. The largest absolute Gasteiger partial charge is 0.497 e. The SMILES string of the molecule is COc1ccc(OC)c(C=NNC(=O)CSc2nc3ccccc3s2)c1. The first kappa shape index (κ1) is 18.2. The van der Waals surface area contributed by atoms with Crippen molar-refractivity contribution in [2.45, 2.75) is 4.34 Å². The minimum atomic E-state index is -0.202. The summed E-state index contributed by atoms with van der Waals surface area (Å²) in [4.78, 5) is 16.5. The molecule has 6 nitrogen and oxygen atoms in total. The van der Waals surface area contributed by atoms with Gasteiger partial charge in [-0.15, -0.1) is 11.3 Å². The zero-order chi connectivity index (χ0) is 18.4. The Kier molecular flexibility index (Phi) is 6.08. The summed E-state index contributed by atoms with van der Waals surface area (Å²) >= 11 is 2.96. The molecular weight excluding hydrogens is 370 g/mol. The first-order valence-corrected chi connectivity index (χ1v) is 9.52. The van der Waals surface area contributed by atoms with Crippen LogP contribution in [0.5, 0.6) is 11.5 Å². The molecule has 0 unspecified atom stereocenters. The number of amides is 1. The number of hydrogen-bond donors (Lipinski definition) is 1. The molecule has 26 heavy (non-hydrogen) atoms. The summed E-state index contributed by atoms with van der Waals surface area (Å²) in [6, 6.07) is 13.3. The van der Waals surface area contributed by atoms with Crippen LogP contribution >= 0.6 is 23.1 Å². The molecule has 134 valence electrons. The Bertz CT molecular complexity index is 907. The molecule has 1 aromatic heterocycles. The van der Waals surface area contributed by atoms with E-state index in [1.807, 2.05) is 24.3 Å². The predicted molar refractivity (Wildman–Crippen MR) is 106 cm³/mol. The van der Waals surface area contributed by atoms with Crippen molar-refractivity contribution in [2.75, 3.05) is 20.0 Å². The quantitative estimate of drug-likeness (QED) is 0.381. The summed E-state index contributed by atoms with van der Waals surface area (Å²) in [7, 11) is 3.16. The number of rotatable bonds is 7. The van der Waals surface area contributed by atoms with Crippen LogP contribution in [0.25, 0.3) is 10.2 Å². The van der Waals surface area contributed by atoms with E-state index < -0.39 is 0 Å². The zero-order valence-corrected chi connectivity index (χ0v) is 15.9. The second kappa shape index (κ2) is 8.68.